The maximum absolute atomic E-state index is 12.9. The lowest BCUT2D eigenvalue weighted by Gasteiger charge is -2.33. The number of hydrogen-bond donors (Lipinski definition) is 0. The number of fused-ring (bicyclic) bond motifs is 1. The van der Waals surface area contributed by atoms with Gasteiger partial charge in [0.15, 0.2) is 17.0 Å². The second kappa shape index (κ2) is 10.2. The first-order valence-corrected chi connectivity index (χ1v) is 11.4. The van der Waals surface area contributed by atoms with Gasteiger partial charge >= 0.3 is 6.36 Å². The molecule has 2 aromatic heterocycles. The van der Waals surface area contributed by atoms with Crippen molar-refractivity contribution in [1.29, 1.82) is 0 Å². The molecule has 0 amide bonds. The van der Waals surface area contributed by atoms with Crippen molar-refractivity contribution in [2.24, 2.45) is 0 Å². The van der Waals surface area contributed by atoms with Crippen molar-refractivity contribution in [2.45, 2.75) is 32.2 Å². The maximum atomic E-state index is 12.9. The number of ether oxygens (including phenoxy) is 2. The summed E-state index contributed by atoms with van der Waals surface area (Å²) in [6.45, 7) is 6.53. The van der Waals surface area contributed by atoms with Crippen LogP contribution in [0.3, 0.4) is 0 Å². The summed E-state index contributed by atoms with van der Waals surface area (Å²) in [5.41, 5.74) is 1.90. The number of alkyl halides is 3. The van der Waals surface area contributed by atoms with Crippen molar-refractivity contribution in [3.05, 3.63) is 30.1 Å². The molecule has 12 heteroatoms. The van der Waals surface area contributed by atoms with Crippen molar-refractivity contribution in [3.63, 3.8) is 0 Å². The van der Waals surface area contributed by atoms with Crippen molar-refractivity contribution in [3.8, 4) is 17.1 Å². The van der Waals surface area contributed by atoms with Crippen LogP contribution in [0, 0.1) is 6.92 Å². The first kappa shape index (κ1) is 25.5. The second-order valence-electron chi connectivity index (χ2n) is 8.78. The van der Waals surface area contributed by atoms with Crippen LogP contribution in [0.1, 0.15) is 24.7 Å². The van der Waals surface area contributed by atoms with Gasteiger partial charge in [0.1, 0.15) is 17.4 Å². The molecule has 190 valence electrons. The summed E-state index contributed by atoms with van der Waals surface area (Å²) < 4.78 is 50.4. The van der Waals surface area contributed by atoms with Crippen LogP contribution in [0.15, 0.2) is 24.3 Å². The van der Waals surface area contributed by atoms with Gasteiger partial charge in [0.25, 0.3) is 0 Å². The number of anilines is 1. The van der Waals surface area contributed by atoms with Gasteiger partial charge in [-0.2, -0.15) is 0 Å². The Hall–Kier alpha value is -2.63. The molecule has 2 saturated heterocycles. The third kappa shape index (κ3) is 5.46. The van der Waals surface area contributed by atoms with E-state index in [0.717, 1.165) is 44.8 Å². The summed E-state index contributed by atoms with van der Waals surface area (Å²) in [5, 5.41) is 0. The molecule has 0 radical (unpaired) electrons. The summed E-state index contributed by atoms with van der Waals surface area (Å²) in [6.07, 6.45) is -3.23. The molecule has 2 fully saturated rings. The predicted octanol–water partition coefficient (Wildman–Crippen LogP) is 4.23. The standard InChI is InChI=1S/C23H27F3N6O2.ClH/c1-15-27-21(31-10-8-30(2)9-11-31)19-22(28-15)32(17-6-12-33-13-7-17)20(29-19)16-4-3-5-18(14-16)34-23(24,25)26;/h3-5,14,17H,6-13H2,1-2H3;1H. The zero-order valence-electron chi connectivity index (χ0n) is 19.6. The zero-order valence-corrected chi connectivity index (χ0v) is 20.4. The SMILES string of the molecule is Cc1nc(N2CCN(C)CC2)c2nc(-c3cccc(OC(F)(F)F)c3)n(C3CCOCC3)c2n1.Cl. The highest BCUT2D eigenvalue weighted by Gasteiger charge is 2.32. The first-order chi connectivity index (χ1) is 16.3. The molecule has 2 aliphatic rings. The van der Waals surface area contributed by atoms with E-state index in [1.807, 2.05) is 6.92 Å². The van der Waals surface area contributed by atoms with Crippen LogP contribution >= 0.6 is 12.4 Å². The van der Waals surface area contributed by atoms with Crippen LogP contribution in [-0.2, 0) is 4.74 Å². The Balaban J connectivity index is 0.00000289. The van der Waals surface area contributed by atoms with Crippen LogP contribution in [0.25, 0.3) is 22.6 Å². The fourth-order valence-electron chi connectivity index (χ4n) is 4.63. The normalized spacial score (nSPS) is 18.0. The lowest BCUT2D eigenvalue weighted by molar-refractivity contribution is -0.274. The van der Waals surface area contributed by atoms with E-state index in [9.17, 15) is 13.2 Å². The third-order valence-electron chi connectivity index (χ3n) is 6.32. The molecule has 0 spiro atoms. The fraction of sp³-hybridized carbons (Fsp3) is 0.522. The first-order valence-electron chi connectivity index (χ1n) is 11.4. The van der Waals surface area contributed by atoms with Gasteiger partial charge < -0.3 is 23.8 Å². The molecule has 4 heterocycles. The summed E-state index contributed by atoms with van der Waals surface area (Å²) in [6, 6.07) is 6.02. The van der Waals surface area contributed by atoms with Crippen molar-refractivity contribution in [2.75, 3.05) is 51.3 Å². The number of hydrogen-bond acceptors (Lipinski definition) is 7. The number of likely N-dealkylation sites (N-methyl/N-ethyl adjacent to an activating group) is 1. The lowest BCUT2D eigenvalue weighted by Crippen LogP contribution is -2.45. The molecule has 0 unspecified atom stereocenters. The zero-order chi connectivity index (χ0) is 23.9. The van der Waals surface area contributed by atoms with E-state index in [1.54, 1.807) is 12.1 Å². The number of nitrogens with zero attached hydrogens (tertiary/aromatic N) is 6. The molecule has 0 saturated carbocycles. The highest BCUT2D eigenvalue weighted by atomic mass is 35.5. The van der Waals surface area contributed by atoms with Crippen LogP contribution in [0.5, 0.6) is 5.75 Å². The number of benzene rings is 1. The highest BCUT2D eigenvalue weighted by Crippen LogP contribution is 2.36. The molecule has 0 atom stereocenters. The van der Waals surface area contributed by atoms with Crippen LogP contribution in [-0.4, -0.2) is 77.2 Å². The summed E-state index contributed by atoms with van der Waals surface area (Å²) in [4.78, 5) is 18.9. The summed E-state index contributed by atoms with van der Waals surface area (Å²) in [5.74, 6) is 1.68. The van der Waals surface area contributed by atoms with Gasteiger partial charge in [-0.15, -0.1) is 25.6 Å². The quantitative estimate of drug-likeness (QED) is 0.518. The molecule has 35 heavy (non-hydrogen) atoms. The third-order valence-corrected chi connectivity index (χ3v) is 6.32. The van der Waals surface area contributed by atoms with E-state index in [0.29, 0.717) is 41.6 Å². The Morgan fingerprint density at radius 3 is 2.43 bits per heavy atom. The molecule has 8 nitrogen and oxygen atoms in total. The molecule has 3 aromatic rings. The molecule has 0 N–H and O–H groups in total. The largest absolute Gasteiger partial charge is 0.573 e. The monoisotopic (exact) mass is 512 g/mol. The van der Waals surface area contributed by atoms with E-state index in [4.69, 9.17) is 19.7 Å². The molecule has 1 aromatic carbocycles. The molecule has 2 aliphatic heterocycles. The van der Waals surface area contributed by atoms with E-state index in [1.165, 1.54) is 12.1 Å². The minimum absolute atomic E-state index is 0. The van der Waals surface area contributed by atoms with Gasteiger partial charge in [-0.05, 0) is 38.9 Å². The van der Waals surface area contributed by atoms with E-state index >= 15 is 0 Å². The van der Waals surface area contributed by atoms with Gasteiger partial charge in [-0.3, -0.25) is 0 Å². The maximum Gasteiger partial charge on any atom is 0.573 e. The van der Waals surface area contributed by atoms with Crippen molar-refractivity contribution in [1.82, 2.24) is 24.4 Å². The predicted molar refractivity (Wildman–Crippen MR) is 128 cm³/mol. The second-order valence-corrected chi connectivity index (χ2v) is 8.78. The average Bonchev–Trinajstić information content (AvgIpc) is 3.18. The molecule has 0 aliphatic carbocycles. The smallest absolute Gasteiger partial charge is 0.406 e. The Morgan fingerprint density at radius 1 is 1.03 bits per heavy atom. The number of piperazine rings is 1. The van der Waals surface area contributed by atoms with Gasteiger partial charge in [0.05, 0.1) is 0 Å². The van der Waals surface area contributed by atoms with E-state index < -0.39 is 6.36 Å². The topological polar surface area (TPSA) is 68.5 Å². The molecule has 0 bridgehead atoms. The van der Waals surface area contributed by atoms with Gasteiger partial charge in [-0.25, -0.2) is 15.0 Å². The van der Waals surface area contributed by atoms with E-state index in [-0.39, 0.29) is 24.2 Å². The minimum Gasteiger partial charge on any atom is -0.406 e. The Morgan fingerprint density at radius 2 is 1.74 bits per heavy atom. The summed E-state index contributed by atoms with van der Waals surface area (Å²) in [7, 11) is 2.09. The molecular weight excluding hydrogens is 485 g/mol. The van der Waals surface area contributed by atoms with Crippen molar-refractivity contribution >= 4 is 29.4 Å². The number of aromatic nitrogens is 4. The summed E-state index contributed by atoms with van der Waals surface area (Å²) >= 11 is 0. The fourth-order valence-corrected chi connectivity index (χ4v) is 4.63. The van der Waals surface area contributed by atoms with Gasteiger partial charge in [-0.1, -0.05) is 12.1 Å². The van der Waals surface area contributed by atoms with Crippen LogP contribution in [0.2, 0.25) is 0 Å². The Labute approximate surface area is 207 Å². The van der Waals surface area contributed by atoms with Gasteiger partial charge in [0, 0.05) is 51.0 Å². The number of imidazole rings is 1. The Kier molecular flexibility index (Phi) is 7.39. The Bertz CT molecular complexity index is 1170. The number of rotatable bonds is 4. The van der Waals surface area contributed by atoms with E-state index in [2.05, 4.69) is 26.2 Å². The van der Waals surface area contributed by atoms with Crippen molar-refractivity contribution < 1.29 is 22.6 Å². The molecule has 5 rings (SSSR count). The highest BCUT2D eigenvalue weighted by molar-refractivity contribution is 5.87. The van der Waals surface area contributed by atoms with Crippen LogP contribution in [0.4, 0.5) is 19.0 Å². The lowest BCUT2D eigenvalue weighted by atomic mass is 10.1. The average molecular weight is 513 g/mol. The molecular formula is C23H28ClF3N6O2. The number of halogens is 4. The van der Waals surface area contributed by atoms with Gasteiger partial charge in [0.2, 0.25) is 0 Å². The van der Waals surface area contributed by atoms with Crippen LogP contribution < -0.4 is 9.64 Å². The number of aryl methyl sites for hydroxylation is 1. The minimum atomic E-state index is -4.77.